The maximum absolute atomic E-state index is 12.9. The quantitative estimate of drug-likeness (QED) is 0.814. The number of urea groups is 1. The van der Waals surface area contributed by atoms with Crippen LogP contribution in [0.5, 0.6) is 0 Å². The van der Waals surface area contributed by atoms with Crippen molar-refractivity contribution in [1.82, 2.24) is 10.2 Å². The van der Waals surface area contributed by atoms with Crippen LogP contribution in [0.1, 0.15) is 38.2 Å². The zero-order valence-electron chi connectivity index (χ0n) is 15.4. The summed E-state index contributed by atoms with van der Waals surface area (Å²) in [6, 6.07) is 6.62. The minimum absolute atomic E-state index is 0.00785. The van der Waals surface area contributed by atoms with Crippen molar-refractivity contribution in [3.8, 4) is 0 Å². The van der Waals surface area contributed by atoms with E-state index in [1.54, 1.807) is 4.90 Å². The normalized spacial score (nSPS) is 22.8. The number of benzene rings is 1. The first-order valence-corrected chi connectivity index (χ1v) is 8.95. The second kappa shape index (κ2) is 7.45. The zero-order valence-corrected chi connectivity index (χ0v) is 15.4. The van der Waals surface area contributed by atoms with E-state index in [0.717, 1.165) is 5.56 Å². The Labute approximate surface area is 153 Å². The Kier molecular flexibility index (Phi) is 5.27. The largest absolute Gasteiger partial charge is 0.375 e. The van der Waals surface area contributed by atoms with E-state index in [-0.39, 0.29) is 30.5 Å². The lowest BCUT2D eigenvalue weighted by Gasteiger charge is -2.32. The van der Waals surface area contributed by atoms with Crippen LogP contribution < -0.4 is 10.2 Å². The third kappa shape index (κ3) is 3.44. The smallest absolute Gasteiger partial charge is 0.332 e. The number of ether oxygens (including phenoxy) is 1. The van der Waals surface area contributed by atoms with Crippen LogP contribution in [0.25, 0.3) is 0 Å². The molecule has 0 bridgehead atoms. The molecule has 2 atom stereocenters. The number of methoxy groups -OCH3 is 1. The number of nitrogens with one attached hydrogen (secondary N) is 1. The fraction of sp³-hybridized carbons (Fsp3) is 0.526. The van der Waals surface area contributed by atoms with Crippen LogP contribution in [-0.2, 0) is 14.3 Å². The van der Waals surface area contributed by atoms with Gasteiger partial charge in [0.15, 0.2) is 0 Å². The summed E-state index contributed by atoms with van der Waals surface area (Å²) in [6.45, 7) is 4.64. The van der Waals surface area contributed by atoms with Gasteiger partial charge >= 0.3 is 6.03 Å². The SMILES string of the molecule is COCC(=O)N[C@H]1CCN2C(=O)N(c3ccc(C(C)C)cc3)C(=O)[C@H]2C1. The van der Waals surface area contributed by atoms with Gasteiger partial charge in [0.25, 0.3) is 5.91 Å². The van der Waals surface area contributed by atoms with Crippen molar-refractivity contribution in [3.05, 3.63) is 29.8 Å². The van der Waals surface area contributed by atoms with Gasteiger partial charge < -0.3 is 15.0 Å². The van der Waals surface area contributed by atoms with Gasteiger partial charge in [-0.15, -0.1) is 0 Å². The summed E-state index contributed by atoms with van der Waals surface area (Å²) in [7, 11) is 1.46. The number of amides is 4. The second-order valence-corrected chi connectivity index (χ2v) is 7.13. The summed E-state index contributed by atoms with van der Waals surface area (Å²) in [5, 5.41) is 2.87. The Hall–Kier alpha value is -2.41. The number of fused-ring (bicyclic) bond motifs is 1. The Balaban J connectivity index is 1.73. The van der Waals surface area contributed by atoms with Crippen molar-refractivity contribution in [2.45, 2.75) is 44.7 Å². The monoisotopic (exact) mass is 359 g/mol. The molecule has 2 fully saturated rings. The Morgan fingerprint density at radius 2 is 1.96 bits per heavy atom. The van der Waals surface area contributed by atoms with Gasteiger partial charge in [0.05, 0.1) is 5.69 Å². The van der Waals surface area contributed by atoms with Gasteiger partial charge in [0.2, 0.25) is 5.91 Å². The number of piperidine rings is 1. The Morgan fingerprint density at radius 1 is 1.27 bits per heavy atom. The van der Waals surface area contributed by atoms with Gasteiger partial charge in [-0.2, -0.15) is 0 Å². The summed E-state index contributed by atoms with van der Waals surface area (Å²) in [6.07, 6.45) is 1.06. The molecule has 0 radical (unpaired) electrons. The van der Waals surface area contributed by atoms with Crippen LogP contribution in [0.15, 0.2) is 24.3 Å². The molecule has 0 aliphatic carbocycles. The molecule has 1 N–H and O–H groups in total. The molecule has 7 nitrogen and oxygen atoms in total. The average molecular weight is 359 g/mol. The van der Waals surface area contributed by atoms with E-state index in [1.807, 2.05) is 24.3 Å². The first-order chi connectivity index (χ1) is 12.4. The molecular formula is C19H25N3O4. The van der Waals surface area contributed by atoms with Gasteiger partial charge in [0, 0.05) is 19.7 Å². The molecule has 2 aliphatic rings. The molecule has 2 saturated heterocycles. The van der Waals surface area contributed by atoms with Crippen molar-refractivity contribution in [2.75, 3.05) is 25.2 Å². The van der Waals surface area contributed by atoms with Crippen molar-refractivity contribution >= 4 is 23.5 Å². The highest BCUT2D eigenvalue weighted by Gasteiger charge is 2.48. The third-order valence-corrected chi connectivity index (χ3v) is 5.00. The first kappa shape index (κ1) is 18.4. The minimum Gasteiger partial charge on any atom is -0.375 e. The maximum Gasteiger partial charge on any atom is 0.332 e. The first-order valence-electron chi connectivity index (χ1n) is 8.95. The predicted molar refractivity (Wildman–Crippen MR) is 96.9 cm³/mol. The number of hydrogen-bond donors (Lipinski definition) is 1. The number of nitrogens with zero attached hydrogens (tertiary/aromatic N) is 2. The van der Waals surface area contributed by atoms with Gasteiger partial charge in [-0.1, -0.05) is 26.0 Å². The van der Waals surface area contributed by atoms with Crippen LogP contribution in [0.3, 0.4) is 0 Å². The van der Waals surface area contributed by atoms with Gasteiger partial charge in [0.1, 0.15) is 12.6 Å². The third-order valence-electron chi connectivity index (χ3n) is 5.00. The molecule has 0 aromatic heterocycles. The minimum atomic E-state index is -0.520. The van der Waals surface area contributed by atoms with Crippen LogP contribution in [-0.4, -0.2) is 55.1 Å². The van der Waals surface area contributed by atoms with E-state index in [9.17, 15) is 14.4 Å². The number of hydrogen-bond acceptors (Lipinski definition) is 4. The van der Waals surface area contributed by atoms with Gasteiger partial charge in [-0.3, -0.25) is 9.59 Å². The number of anilines is 1. The summed E-state index contributed by atoms with van der Waals surface area (Å²) in [5.41, 5.74) is 1.75. The summed E-state index contributed by atoms with van der Waals surface area (Å²) < 4.78 is 4.82. The standard InChI is InChI=1S/C19H25N3O4/c1-12(2)13-4-6-15(7-5-13)22-18(24)16-10-14(20-17(23)11-26-3)8-9-21(16)19(22)25/h4-7,12,14,16H,8-11H2,1-3H3,(H,20,23)/t14-,16+/m0/s1. The number of carbonyl (C=O) groups excluding carboxylic acids is 3. The van der Waals surface area contributed by atoms with Gasteiger partial charge in [-0.05, 0) is 36.5 Å². The number of rotatable bonds is 5. The molecule has 2 heterocycles. The van der Waals surface area contributed by atoms with E-state index in [4.69, 9.17) is 4.74 Å². The van der Waals surface area contributed by atoms with E-state index < -0.39 is 6.04 Å². The topological polar surface area (TPSA) is 79.0 Å². The molecule has 0 unspecified atom stereocenters. The van der Waals surface area contributed by atoms with Crippen molar-refractivity contribution < 1.29 is 19.1 Å². The van der Waals surface area contributed by atoms with Crippen LogP contribution in [0.4, 0.5) is 10.5 Å². The van der Waals surface area contributed by atoms with Crippen molar-refractivity contribution in [3.63, 3.8) is 0 Å². The molecule has 2 aliphatic heterocycles. The summed E-state index contributed by atoms with van der Waals surface area (Å²) in [5.74, 6) is -0.0429. The van der Waals surface area contributed by atoms with Crippen LogP contribution >= 0.6 is 0 Å². The fourth-order valence-corrected chi connectivity index (χ4v) is 3.58. The summed E-state index contributed by atoms with van der Waals surface area (Å²) in [4.78, 5) is 40.2. The molecule has 4 amide bonds. The second-order valence-electron chi connectivity index (χ2n) is 7.13. The van der Waals surface area contributed by atoms with Gasteiger partial charge in [-0.25, -0.2) is 9.69 Å². The molecule has 26 heavy (non-hydrogen) atoms. The van der Waals surface area contributed by atoms with Crippen molar-refractivity contribution in [2.24, 2.45) is 0 Å². The molecular weight excluding hydrogens is 334 g/mol. The Bertz CT molecular complexity index is 701. The molecule has 7 heteroatoms. The fourth-order valence-electron chi connectivity index (χ4n) is 3.58. The molecule has 0 saturated carbocycles. The lowest BCUT2D eigenvalue weighted by Crippen LogP contribution is -2.50. The van der Waals surface area contributed by atoms with Crippen molar-refractivity contribution in [1.29, 1.82) is 0 Å². The lowest BCUT2D eigenvalue weighted by atomic mass is 9.98. The van der Waals surface area contributed by atoms with E-state index in [1.165, 1.54) is 12.0 Å². The van der Waals surface area contributed by atoms with Crippen LogP contribution in [0.2, 0.25) is 0 Å². The molecule has 0 spiro atoms. The zero-order chi connectivity index (χ0) is 18.8. The number of carbonyl (C=O) groups is 3. The highest BCUT2D eigenvalue weighted by Crippen LogP contribution is 2.31. The van der Waals surface area contributed by atoms with E-state index in [0.29, 0.717) is 31.0 Å². The maximum atomic E-state index is 12.9. The molecule has 1 aromatic rings. The van der Waals surface area contributed by atoms with E-state index in [2.05, 4.69) is 19.2 Å². The van der Waals surface area contributed by atoms with Crippen LogP contribution in [0, 0.1) is 0 Å². The lowest BCUT2D eigenvalue weighted by molar-refractivity contribution is -0.127. The molecule has 140 valence electrons. The highest BCUT2D eigenvalue weighted by molar-refractivity contribution is 6.21. The highest BCUT2D eigenvalue weighted by atomic mass is 16.5. The number of imide groups is 1. The Morgan fingerprint density at radius 3 is 2.58 bits per heavy atom. The molecule has 3 rings (SSSR count). The van der Waals surface area contributed by atoms with E-state index >= 15 is 0 Å². The predicted octanol–water partition coefficient (Wildman–Crippen LogP) is 1.87. The average Bonchev–Trinajstić information content (AvgIpc) is 2.86. The molecule has 1 aromatic carbocycles. The summed E-state index contributed by atoms with van der Waals surface area (Å²) >= 11 is 0.